The molecule has 5 heteroatoms. The van der Waals surface area contributed by atoms with Crippen LogP contribution in [-0.2, 0) is 16.1 Å². The summed E-state index contributed by atoms with van der Waals surface area (Å²) in [6, 6.07) is 14.5. The van der Waals surface area contributed by atoms with Gasteiger partial charge in [-0.15, -0.1) is 0 Å². The van der Waals surface area contributed by atoms with Crippen molar-refractivity contribution in [3.05, 3.63) is 53.9 Å². The van der Waals surface area contributed by atoms with Gasteiger partial charge in [-0.3, -0.25) is 9.69 Å². The van der Waals surface area contributed by atoms with Crippen LogP contribution in [0.5, 0.6) is 0 Å². The Morgan fingerprint density at radius 3 is 2.67 bits per heavy atom. The maximum absolute atomic E-state index is 11.7. The number of rotatable bonds is 4. The summed E-state index contributed by atoms with van der Waals surface area (Å²) in [6.07, 6.45) is 1.67. The lowest BCUT2D eigenvalue weighted by molar-refractivity contribution is -0.147. The molecule has 0 atom stereocenters. The van der Waals surface area contributed by atoms with Crippen molar-refractivity contribution < 1.29 is 13.9 Å². The fraction of sp³-hybridized carbons (Fsp3) is 0.364. The number of piperidine rings is 1. The van der Waals surface area contributed by atoms with Crippen molar-refractivity contribution in [2.45, 2.75) is 26.3 Å². The Morgan fingerprint density at radius 2 is 1.93 bits per heavy atom. The molecule has 2 heterocycles. The molecule has 0 N–H and O–H groups in total. The highest BCUT2D eigenvalue weighted by atomic mass is 16.5. The van der Waals surface area contributed by atoms with Crippen LogP contribution in [0.4, 0.5) is 0 Å². The lowest BCUT2D eigenvalue weighted by Crippen LogP contribution is -2.36. The molecule has 1 aliphatic rings. The second kappa shape index (κ2) is 7.53. The number of hydrogen-bond donors (Lipinski definition) is 0. The minimum atomic E-state index is -0.0918. The van der Waals surface area contributed by atoms with Gasteiger partial charge in [-0.1, -0.05) is 30.3 Å². The zero-order valence-corrected chi connectivity index (χ0v) is 15.8. The number of benzene rings is 2. The van der Waals surface area contributed by atoms with Crippen molar-refractivity contribution in [3.63, 3.8) is 0 Å². The molecule has 0 unspecified atom stereocenters. The van der Waals surface area contributed by atoms with Gasteiger partial charge in [0.25, 0.3) is 0 Å². The maximum Gasteiger partial charge on any atom is 0.308 e. The van der Waals surface area contributed by atoms with Gasteiger partial charge >= 0.3 is 5.97 Å². The smallest absolute Gasteiger partial charge is 0.308 e. The average Bonchev–Trinajstić information content (AvgIpc) is 3.08. The van der Waals surface area contributed by atoms with E-state index in [-0.39, 0.29) is 11.9 Å². The van der Waals surface area contributed by atoms with Crippen molar-refractivity contribution >= 4 is 16.7 Å². The number of likely N-dealkylation sites (tertiary alicyclic amines) is 1. The fourth-order valence-corrected chi connectivity index (χ4v) is 3.73. The minimum absolute atomic E-state index is 0.0258. The van der Waals surface area contributed by atoms with E-state index < -0.39 is 0 Å². The molecule has 2 aromatic carbocycles. The van der Waals surface area contributed by atoms with Gasteiger partial charge < -0.3 is 9.15 Å². The van der Waals surface area contributed by atoms with E-state index in [9.17, 15) is 4.79 Å². The number of aromatic nitrogens is 1. The van der Waals surface area contributed by atoms with Crippen LogP contribution < -0.4 is 0 Å². The molecule has 0 radical (unpaired) electrons. The number of esters is 1. The fourth-order valence-electron chi connectivity index (χ4n) is 3.73. The molecule has 1 saturated heterocycles. The van der Waals surface area contributed by atoms with E-state index in [1.807, 2.05) is 19.1 Å². The Bertz CT molecular complexity index is 955. The summed E-state index contributed by atoms with van der Waals surface area (Å²) in [5, 5.41) is 2.38. The van der Waals surface area contributed by atoms with E-state index in [1.54, 1.807) is 0 Å². The van der Waals surface area contributed by atoms with Crippen molar-refractivity contribution in [1.29, 1.82) is 0 Å². The number of ether oxygens (including phenoxy) is 1. The molecule has 1 aliphatic heterocycles. The van der Waals surface area contributed by atoms with E-state index in [4.69, 9.17) is 14.1 Å². The van der Waals surface area contributed by atoms with Crippen LogP contribution in [0, 0.1) is 12.8 Å². The second-order valence-corrected chi connectivity index (χ2v) is 7.16. The average molecular weight is 364 g/mol. The zero-order chi connectivity index (χ0) is 18.8. The molecular formula is C22H24N2O3. The van der Waals surface area contributed by atoms with Crippen molar-refractivity contribution in [2.24, 2.45) is 5.92 Å². The number of carbonyl (C=O) groups excluding carboxylic acids is 1. The molecule has 0 bridgehead atoms. The van der Waals surface area contributed by atoms with E-state index in [1.165, 1.54) is 17.9 Å². The quantitative estimate of drug-likeness (QED) is 0.650. The second-order valence-electron chi connectivity index (χ2n) is 7.16. The van der Waals surface area contributed by atoms with E-state index in [0.717, 1.165) is 49.5 Å². The zero-order valence-electron chi connectivity index (χ0n) is 15.8. The Morgan fingerprint density at radius 1 is 1.19 bits per heavy atom. The lowest BCUT2D eigenvalue weighted by atomic mass is 9.97. The van der Waals surface area contributed by atoms with E-state index in [2.05, 4.69) is 35.2 Å². The van der Waals surface area contributed by atoms with Crippen LogP contribution in [-0.4, -0.2) is 36.1 Å². The van der Waals surface area contributed by atoms with Gasteiger partial charge in [-0.25, -0.2) is 4.98 Å². The maximum atomic E-state index is 11.7. The third-order valence-corrected chi connectivity index (χ3v) is 5.38. The summed E-state index contributed by atoms with van der Waals surface area (Å²) in [4.78, 5) is 18.8. The number of methoxy groups -OCH3 is 1. The van der Waals surface area contributed by atoms with Gasteiger partial charge in [0.1, 0.15) is 5.76 Å². The summed E-state index contributed by atoms with van der Waals surface area (Å²) in [7, 11) is 1.46. The Hall–Kier alpha value is -2.66. The van der Waals surface area contributed by atoms with Crippen LogP contribution in [0.1, 0.15) is 24.3 Å². The van der Waals surface area contributed by atoms with Gasteiger partial charge in [-0.2, -0.15) is 0 Å². The first-order chi connectivity index (χ1) is 13.1. The predicted octanol–water partition coefficient (Wildman–Crippen LogP) is 4.19. The molecule has 1 aromatic heterocycles. The molecule has 5 nitrogen and oxygen atoms in total. The van der Waals surface area contributed by atoms with Gasteiger partial charge in [0.2, 0.25) is 5.89 Å². The molecule has 3 aromatic rings. The minimum Gasteiger partial charge on any atom is -0.469 e. The van der Waals surface area contributed by atoms with Crippen molar-refractivity contribution in [1.82, 2.24) is 9.88 Å². The normalized spacial score (nSPS) is 15.9. The molecule has 1 fully saturated rings. The number of nitrogens with zero attached hydrogens (tertiary/aromatic N) is 2. The van der Waals surface area contributed by atoms with E-state index in [0.29, 0.717) is 5.89 Å². The molecular weight excluding hydrogens is 340 g/mol. The Kier molecular flexibility index (Phi) is 4.94. The number of fused-ring (bicyclic) bond motifs is 1. The summed E-state index contributed by atoms with van der Waals surface area (Å²) < 4.78 is 10.8. The molecule has 27 heavy (non-hydrogen) atoms. The van der Waals surface area contributed by atoms with Gasteiger partial charge in [-0.05, 0) is 55.8 Å². The van der Waals surface area contributed by atoms with Crippen LogP contribution in [0.3, 0.4) is 0 Å². The predicted molar refractivity (Wildman–Crippen MR) is 104 cm³/mol. The monoisotopic (exact) mass is 364 g/mol. The highest BCUT2D eigenvalue weighted by molar-refractivity contribution is 5.86. The number of aryl methyl sites for hydroxylation is 1. The first-order valence-electron chi connectivity index (χ1n) is 9.39. The summed E-state index contributed by atoms with van der Waals surface area (Å²) in [5.74, 6) is 1.45. The summed E-state index contributed by atoms with van der Waals surface area (Å²) in [6.45, 7) is 4.46. The first-order valence-corrected chi connectivity index (χ1v) is 9.39. The molecule has 0 amide bonds. The molecule has 0 spiro atoms. The molecule has 140 valence electrons. The van der Waals surface area contributed by atoms with Crippen LogP contribution >= 0.6 is 0 Å². The summed E-state index contributed by atoms with van der Waals surface area (Å²) in [5.41, 5.74) is 1.96. The van der Waals surface area contributed by atoms with E-state index >= 15 is 0 Å². The molecule has 4 rings (SSSR count). The van der Waals surface area contributed by atoms with Gasteiger partial charge in [0, 0.05) is 12.1 Å². The first kappa shape index (κ1) is 17.7. The lowest BCUT2D eigenvalue weighted by Gasteiger charge is -2.29. The molecule has 0 saturated carbocycles. The van der Waals surface area contributed by atoms with Crippen molar-refractivity contribution in [2.75, 3.05) is 20.2 Å². The third kappa shape index (κ3) is 3.74. The highest BCUT2D eigenvalue weighted by Gasteiger charge is 2.26. The highest BCUT2D eigenvalue weighted by Crippen LogP contribution is 2.27. The largest absolute Gasteiger partial charge is 0.469 e. The van der Waals surface area contributed by atoms with Crippen LogP contribution in [0.2, 0.25) is 0 Å². The Labute approximate surface area is 158 Å². The SMILES string of the molecule is COC(=O)C1CCN(Cc2nc(-c3ccc4ccccc4c3)oc2C)CC1. The molecule has 0 aliphatic carbocycles. The van der Waals surface area contributed by atoms with Crippen LogP contribution in [0.15, 0.2) is 46.9 Å². The number of hydrogen-bond acceptors (Lipinski definition) is 5. The number of oxazole rings is 1. The third-order valence-electron chi connectivity index (χ3n) is 5.38. The Balaban J connectivity index is 1.47. The standard InChI is InChI=1S/C22H24N2O3/c1-15-20(14-24-11-9-17(10-12-24)22(25)26-2)23-21(27-15)19-8-7-16-5-3-4-6-18(16)13-19/h3-8,13,17H,9-12,14H2,1-2H3. The van der Waals surface area contributed by atoms with Crippen molar-refractivity contribution in [3.8, 4) is 11.5 Å². The number of carbonyl (C=O) groups is 1. The summed E-state index contributed by atoms with van der Waals surface area (Å²) >= 11 is 0. The van der Waals surface area contributed by atoms with Crippen LogP contribution in [0.25, 0.3) is 22.2 Å². The van der Waals surface area contributed by atoms with Gasteiger partial charge in [0.05, 0.1) is 18.7 Å². The topological polar surface area (TPSA) is 55.6 Å². The van der Waals surface area contributed by atoms with Gasteiger partial charge in [0.15, 0.2) is 0 Å².